The van der Waals surface area contributed by atoms with E-state index in [0.29, 0.717) is 19.3 Å². The highest BCUT2D eigenvalue weighted by atomic mass is 16.6. The van der Waals surface area contributed by atoms with Gasteiger partial charge in [0.2, 0.25) is 0 Å². The second-order valence-corrected chi connectivity index (χ2v) is 19.2. The molecule has 0 fully saturated rings. The van der Waals surface area contributed by atoms with Crippen LogP contribution in [0.5, 0.6) is 0 Å². The summed E-state index contributed by atoms with van der Waals surface area (Å²) in [6.07, 6.45) is 62.0. The molecule has 0 N–H and O–H groups in total. The van der Waals surface area contributed by atoms with Crippen molar-refractivity contribution >= 4 is 17.9 Å². The first-order valence-corrected chi connectivity index (χ1v) is 28.3. The molecule has 0 bridgehead atoms. The fourth-order valence-electron chi connectivity index (χ4n) is 8.37. The molecule has 0 saturated carbocycles. The summed E-state index contributed by atoms with van der Waals surface area (Å²) >= 11 is 0. The van der Waals surface area contributed by atoms with E-state index in [1.54, 1.807) is 0 Å². The van der Waals surface area contributed by atoms with E-state index in [2.05, 4.69) is 45.1 Å². The van der Waals surface area contributed by atoms with Crippen LogP contribution in [0.4, 0.5) is 0 Å². The van der Waals surface area contributed by atoms with Crippen molar-refractivity contribution in [3.05, 3.63) is 24.3 Å². The van der Waals surface area contributed by atoms with Crippen LogP contribution in [0.3, 0.4) is 0 Å². The maximum absolute atomic E-state index is 12.8. The Morgan fingerprint density at radius 1 is 0.297 bits per heavy atom. The molecule has 64 heavy (non-hydrogen) atoms. The second-order valence-electron chi connectivity index (χ2n) is 19.2. The first kappa shape index (κ1) is 61.9. The molecule has 0 aliphatic rings. The topological polar surface area (TPSA) is 78.9 Å². The lowest BCUT2D eigenvalue weighted by molar-refractivity contribution is -0.167. The van der Waals surface area contributed by atoms with Gasteiger partial charge in [-0.1, -0.05) is 257 Å². The lowest BCUT2D eigenvalue weighted by Crippen LogP contribution is -2.30. The van der Waals surface area contributed by atoms with E-state index in [-0.39, 0.29) is 31.1 Å². The van der Waals surface area contributed by atoms with Gasteiger partial charge in [-0.3, -0.25) is 14.4 Å². The number of unbranched alkanes of at least 4 members (excludes halogenated alkanes) is 37. The van der Waals surface area contributed by atoms with Crippen LogP contribution < -0.4 is 0 Å². The van der Waals surface area contributed by atoms with Gasteiger partial charge in [0.15, 0.2) is 6.10 Å². The number of esters is 3. The van der Waals surface area contributed by atoms with Crippen molar-refractivity contribution in [3.8, 4) is 0 Å². The third-order valence-electron chi connectivity index (χ3n) is 12.7. The van der Waals surface area contributed by atoms with Crippen molar-refractivity contribution < 1.29 is 28.6 Å². The van der Waals surface area contributed by atoms with Crippen LogP contribution in [0.1, 0.15) is 310 Å². The molecule has 0 aliphatic carbocycles. The molecule has 0 amide bonds. The number of rotatable bonds is 52. The molecule has 0 saturated heterocycles. The number of hydrogen-bond acceptors (Lipinski definition) is 6. The lowest BCUT2D eigenvalue weighted by Gasteiger charge is -2.18. The smallest absolute Gasteiger partial charge is 0.306 e. The van der Waals surface area contributed by atoms with Gasteiger partial charge in [0.25, 0.3) is 0 Å². The van der Waals surface area contributed by atoms with Gasteiger partial charge in [0, 0.05) is 19.3 Å². The van der Waals surface area contributed by atoms with E-state index >= 15 is 0 Å². The first-order chi connectivity index (χ1) is 31.5. The Balaban J connectivity index is 4.10. The third-order valence-corrected chi connectivity index (χ3v) is 12.7. The van der Waals surface area contributed by atoms with Gasteiger partial charge in [-0.05, 0) is 57.8 Å². The van der Waals surface area contributed by atoms with Gasteiger partial charge in [-0.15, -0.1) is 0 Å². The van der Waals surface area contributed by atoms with Crippen LogP contribution in [0, 0.1) is 0 Å². The average Bonchev–Trinajstić information content (AvgIpc) is 3.29. The molecule has 0 aromatic rings. The van der Waals surface area contributed by atoms with Crippen LogP contribution >= 0.6 is 0 Å². The summed E-state index contributed by atoms with van der Waals surface area (Å²) in [7, 11) is 0. The van der Waals surface area contributed by atoms with E-state index < -0.39 is 6.10 Å². The highest BCUT2D eigenvalue weighted by molar-refractivity contribution is 5.71. The van der Waals surface area contributed by atoms with Gasteiger partial charge in [-0.2, -0.15) is 0 Å². The predicted molar refractivity (Wildman–Crippen MR) is 275 cm³/mol. The predicted octanol–water partition coefficient (Wildman–Crippen LogP) is 18.7. The van der Waals surface area contributed by atoms with Crippen molar-refractivity contribution in [2.45, 2.75) is 316 Å². The molecule has 1 unspecified atom stereocenters. The van der Waals surface area contributed by atoms with Gasteiger partial charge in [0.1, 0.15) is 13.2 Å². The second kappa shape index (κ2) is 53.5. The minimum absolute atomic E-state index is 0.0736. The van der Waals surface area contributed by atoms with Crippen LogP contribution in [0.25, 0.3) is 0 Å². The highest BCUT2D eigenvalue weighted by Crippen LogP contribution is 2.17. The SMILES string of the molecule is CCC/C=C\CCCCCCCC(=O)OCC(COC(=O)CCCCCCCCCCCCCCCCCCCCCCCCCCC)OC(=O)CCCCCCC/C=C\CCCC. The summed E-state index contributed by atoms with van der Waals surface area (Å²) < 4.78 is 16.8. The summed E-state index contributed by atoms with van der Waals surface area (Å²) in [4.78, 5) is 37.9. The Kier molecular flexibility index (Phi) is 51.7. The van der Waals surface area contributed by atoms with E-state index in [4.69, 9.17) is 14.2 Å². The van der Waals surface area contributed by atoms with Gasteiger partial charge >= 0.3 is 17.9 Å². The van der Waals surface area contributed by atoms with Crippen LogP contribution in [-0.4, -0.2) is 37.2 Å². The first-order valence-electron chi connectivity index (χ1n) is 28.3. The molecule has 0 aromatic carbocycles. The maximum atomic E-state index is 12.8. The number of ether oxygens (including phenoxy) is 3. The van der Waals surface area contributed by atoms with Gasteiger partial charge in [0.05, 0.1) is 0 Å². The van der Waals surface area contributed by atoms with Crippen LogP contribution in [-0.2, 0) is 28.6 Å². The van der Waals surface area contributed by atoms with E-state index in [0.717, 1.165) is 83.5 Å². The summed E-state index contributed by atoms with van der Waals surface area (Å²) in [5.74, 6) is -0.881. The minimum Gasteiger partial charge on any atom is -0.462 e. The molecule has 0 rings (SSSR count). The molecule has 0 spiro atoms. The van der Waals surface area contributed by atoms with E-state index in [9.17, 15) is 14.4 Å². The highest BCUT2D eigenvalue weighted by Gasteiger charge is 2.19. The number of carbonyl (C=O) groups is 3. The van der Waals surface area contributed by atoms with Crippen molar-refractivity contribution in [2.75, 3.05) is 13.2 Å². The zero-order valence-electron chi connectivity index (χ0n) is 43.1. The largest absolute Gasteiger partial charge is 0.462 e. The molecule has 0 radical (unpaired) electrons. The number of allylic oxidation sites excluding steroid dienone is 4. The Morgan fingerprint density at radius 2 is 0.562 bits per heavy atom. The monoisotopic (exact) mass is 901 g/mol. The average molecular weight is 901 g/mol. The molecule has 0 aliphatic heterocycles. The standard InChI is InChI=1S/C58H108O6/c1-4-7-10-13-16-19-22-23-24-25-26-27-28-29-30-31-32-33-34-35-37-39-42-45-48-51-57(60)63-54-55(53-62-56(59)50-47-44-41-38-21-18-15-12-9-6-3)64-58(61)52-49-46-43-40-36-20-17-14-11-8-5-2/h12,14-15,17,55H,4-11,13,16,18-54H2,1-3H3/b15-12-,17-14-. The van der Waals surface area contributed by atoms with Crippen LogP contribution in [0.2, 0.25) is 0 Å². The zero-order chi connectivity index (χ0) is 46.5. The summed E-state index contributed by atoms with van der Waals surface area (Å²) in [6, 6.07) is 0. The molecular formula is C58H108O6. The Bertz CT molecular complexity index is 1040. The fourth-order valence-corrected chi connectivity index (χ4v) is 8.37. The van der Waals surface area contributed by atoms with E-state index in [1.807, 2.05) is 0 Å². The lowest BCUT2D eigenvalue weighted by atomic mass is 10.0. The molecule has 0 heterocycles. The molecule has 1 atom stereocenters. The quantitative estimate of drug-likeness (QED) is 0.0262. The third kappa shape index (κ3) is 50.9. The Hall–Kier alpha value is -2.11. The zero-order valence-corrected chi connectivity index (χ0v) is 43.1. The van der Waals surface area contributed by atoms with Gasteiger partial charge in [-0.25, -0.2) is 0 Å². The summed E-state index contributed by atoms with van der Waals surface area (Å²) in [5.41, 5.74) is 0. The number of carbonyl (C=O) groups excluding carboxylic acids is 3. The van der Waals surface area contributed by atoms with Crippen molar-refractivity contribution in [1.82, 2.24) is 0 Å². The molecular weight excluding hydrogens is 793 g/mol. The van der Waals surface area contributed by atoms with Crippen molar-refractivity contribution in [1.29, 1.82) is 0 Å². The maximum Gasteiger partial charge on any atom is 0.306 e. The Morgan fingerprint density at radius 3 is 0.891 bits per heavy atom. The molecule has 376 valence electrons. The van der Waals surface area contributed by atoms with E-state index in [1.165, 1.54) is 186 Å². The summed E-state index contributed by atoms with van der Waals surface area (Å²) in [6.45, 7) is 6.56. The van der Waals surface area contributed by atoms with Gasteiger partial charge < -0.3 is 14.2 Å². The molecule has 6 nitrogen and oxygen atoms in total. The minimum atomic E-state index is -0.773. The van der Waals surface area contributed by atoms with Crippen molar-refractivity contribution in [3.63, 3.8) is 0 Å². The molecule has 0 aromatic heterocycles. The summed E-state index contributed by atoms with van der Waals surface area (Å²) in [5, 5.41) is 0. The molecule has 6 heteroatoms. The Labute approximate surface area is 398 Å². The van der Waals surface area contributed by atoms with Crippen LogP contribution in [0.15, 0.2) is 24.3 Å². The van der Waals surface area contributed by atoms with Crippen molar-refractivity contribution in [2.24, 2.45) is 0 Å². The normalized spacial score (nSPS) is 12.1. The fraction of sp³-hybridized carbons (Fsp3) is 0.879. The number of hydrogen-bond donors (Lipinski definition) is 0.